The first-order valence-corrected chi connectivity index (χ1v) is 9.87. The molecule has 0 radical (unpaired) electrons. The minimum atomic E-state index is -3.40. The molecule has 2 rings (SSSR count). The molecule has 0 fully saturated rings. The molecule has 26 heavy (non-hydrogen) atoms. The van der Waals surface area contributed by atoms with Gasteiger partial charge in [0.05, 0.1) is 4.90 Å². The van der Waals surface area contributed by atoms with Crippen molar-refractivity contribution in [3.63, 3.8) is 0 Å². The molecular weight excluding hydrogens is 348 g/mol. The summed E-state index contributed by atoms with van der Waals surface area (Å²) in [5.41, 5.74) is 2.08. The zero-order valence-electron chi connectivity index (χ0n) is 15.5. The van der Waals surface area contributed by atoms with Crippen molar-refractivity contribution in [1.82, 2.24) is 9.62 Å². The normalized spacial score (nSPS) is 12.8. The van der Waals surface area contributed by atoms with Gasteiger partial charge in [0.25, 0.3) is 0 Å². The van der Waals surface area contributed by atoms with Crippen LogP contribution in [0.3, 0.4) is 0 Å². The number of hydrogen-bond acceptors (Lipinski definition) is 4. The molecule has 140 valence electrons. The van der Waals surface area contributed by atoms with Crippen molar-refractivity contribution in [1.29, 1.82) is 0 Å². The number of hydrogen-bond donors (Lipinski definition) is 1. The smallest absolute Gasteiger partial charge is 0.242 e. The predicted molar refractivity (Wildman–Crippen MR) is 105 cm³/mol. The lowest BCUT2D eigenvalue weighted by atomic mass is 10.1. The first-order valence-electron chi connectivity index (χ1n) is 8.43. The van der Waals surface area contributed by atoms with Gasteiger partial charge in [0.15, 0.2) is 0 Å². The molecule has 1 N–H and O–H groups in total. The standard InChI is InChI=1S/C20H26N2O3S/c1-5-14-25-20-9-7-6-8-18(20)15-21-16(2)17-10-12-19(13-11-17)26(23,24)22(3)4/h5-13,16,21H,1,14-15H2,2-4H3. The van der Waals surface area contributed by atoms with E-state index in [1.807, 2.05) is 43.3 Å². The third-order valence-corrected chi connectivity index (χ3v) is 5.92. The van der Waals surface area contributed by atoms with Gasteiger partial charge in [0.2, 0.25) is 10.0 Å². The fourth-order valence-corrected chi connectivity index (χ4v) is 3.36. The van der Waals surface area contributed by atoms with Gasteiger partial charge in [-0.3, -0.25) is 0 Å². The van der Waals surface area contributed by atoms with Crippen LogP contribution in [-0.4, -0.2) is 33.4 Å². The van der Waals surface area contributed by atoms with E-state index in [9.17, 15) is 8.42 Å². The second-order valence-electron chi connectivity index (χ2n) is 6.17. The topological polar surface area (TPSA) is 58.6 Å². The highest BCUT2D eigenvalue weighted by Gasteiger charge is 2.17. The van der Waals surface area contributed by atoms with E-state index < -0.39 is 10.0 Å². The van der Waals surface area contributed by atoms with Crippen LogP contribution in [-0.2, 0) is 16.6 Å². The SMILES string of the molecule is C=CCOc1ccccc1CNC(C)c1ccc(S(=O)(=O)N(C)C)cc1. The Hall–Kier alpha value is -2.15. The van der Waals surface area contributed by atoms with Crippen LogP contribution in [0.2, 0.25) is 0 Å². The third kappa shape index (κ3) is 4.94. The largest absolute Gasteiger partial charge is 0.489 e. The summed E-state index contributed by atoms with van der Waals surface area (Å²) < 4.78 is 31.2. The van der Waals surface area contributed by atoms with Gasteiger partial charge in [-0.25, -0.2) is 12.7 Å². The van der Waals surface area contributed by atoms with Gasteiger partial charge in [-0.05, 0) is 30.7 Å². The molecule has 2 aromatic rings. The zero-order valence-corrected chi connectivity index (χ0v) is 16.3. The molecule has 1 unspecified atom stereocenters. The summed E-state index contributed by atoms with van der Waals surface area (Å²) in [5.74, 6) is 0.833. The number of para-hydroxylation sites is 1. The van der Waals surface area contributed by atoms with Crippen LogP contribution in [0, 0.1) is 0 Å². The average molecular weight is 375 g/mol. The summed E-state index contributed by atoms with van der Waals surface area (Å²) in [6.07, 6.45) is 1.72. The fraction of sp³-hybridized carbons (Fsp3) is 0.300. The first kappa shape index (κ1) is 20.2. The van der Waals surface area contributed by atoms with E-state index in [1.165, 1.54) is 18.4 Å². The average Bonchev–Trinajstić information content (AvgIpc) is 2.65. The second-order valence-corrected chi connectivity index (χ2v) is 8.32. The van der Waals surface area contributed by atoms with E-state index in [-0.39, 0.29) is 6.04 Å². The zero-order chi connectivity index (χ0) is 19.2. The van der Waals surface area contributed by atoms with Crippen molar-refractivity contribution in [2.24, 2.45) is 0 Å². The summed E-state index contributed by atoms with van der Waals surface area (Å²) in [7, 11) is -0.347. The molecule has 1 atom stereocenters. The first-order chi connectivity index (χ1) is 12.4. The molecule has 5 nitrogen and oxygen atoms in total. The number of rotatable bonds is 9. The highest BCUT2D eigenvalue weighted by Crippen LogP contribution is 2.21. The maximum absolute atomic E-state index is 12.1. The minimum absolute atomic E-state index is 0.0681. The second kappa shape index (κ2) is 8.98. The molecule has 0 heterocycles. The summed E-state index contributed by atoms with van der Waals surface area (Å²) in [4.78, 5) is 0.293. The Bertz CT molecular complexity index is 830. The monoisotopic (exact) mass is 374 g/mol. The molecular formula is C20H26N2O3S. The van der Waals surface area contributed by atoms with E-state index >= 15 is 0 Å². The fourth-order valence-electron chi connectivity index (χ4n) is 2.46. The van der Waals surface area contributed by atoms with Crippen LogP contribution in [0.15, 0.2) is 66.1 Å². The molecule has 0 aliphatic rings. The third-order valence-electron chi connectivity index (χ3n) is 4.09. The van der Waals surface area contributed by atoms with E-state index in [2.05, 4.69) is 11.9 Å². The lowest BCUT2D eigenvalue weighted by Crippen LogP contribution is -2.22. The maximum atomic E-state index is 12.1. The van der Waals surface area contributed by atoms with Gasteiger partial charge in [-0.15, -0.1) is 0 Å². The summed E-state index contributed by atoms with van der Waals surface area (Å²) in [5, 5.41) is 3.45. The molecule has 0 spiro atoms. The molecule has 0 aliphatic heterocycles. The minimum Gasteiger partial charge on any atom is -0.489 e. The quantitative estimate of drug-likeness (QED) is 0.684. The molecule has 0 aromatic heterocycles. The summed E-state index contributed by atoms with van der Waals surface area (Å²) in [6, 6.07) is 14.9. The molecule has 6 heteroatoms. The van der Waals surface area contributed by atoms with Crippen molar-refractivity contribution < 1.29 is 13.2 Å². The number of benzene rings is 2. The van der Waals surface area contributed by atoms with Gasteiger partial charge in [-0.2, -0.15) is 0 Å². The van der Waals surface area contributed by atoms with Crippen LogP contribution in [0.25, 0.3) is 0 Å². The van der Waals surface area contributed by atoms with E-state index in [4.69, 9.17) is 4.74 Å². The van der Waals surface area contributed by atoms with Gasteiger partial charge in [0.1, 0.15) is 12.4 Å². The Morgan fingerprint density at radius 2 is 1.81 bits per heavy atom. The molecule has 0 aliphatic carbocycles. The van der Waals surface area contributed by atoms with Crippen LogP contribution < -0.4 is 10.1 Å². The summed E-state index contributed by atoms with van der Waals surface area (Å²) >= 11 is 0. The van der Waals surface area contributed by atoms with Crippen molar-refractivity contribution in [2.75, 3.05) is 20.7 Å². The van der Waals surface area contributed by atoms with Gasteiger partial charge in [-0.1, -0.05) is 43.0 Å². The highest BCUT2D eigenvalue weighted by molar-refractivity contribution is 7.89. The van der Waals surface area contributed by atoms with Crippen molar-refractivity contribution in [3.8, 4) is 5.75 Å². The van der Waals surface area contributed by atoms with Gasteiger partial charge in [0, 0.05) is 32.2 Å². The van der Waals surface area contributed by atoms with Crippen LogP contribution in [0.1, 0.15) is 24.1 Å². The van der Waals surface area contributed by atoms with Crippen molar-refractivity contribution in [3.05, 3.63) is 72.3 Å². The summed E-state index contributed by atoms with van der Waals surface area (Å²) in [6.45, 7) is 6.82. The maximum Gasteiger partial charge on any atom is 0.242 e. The molecule has 0 bridgehead atoms. The van der Waals surface area contributed by atoms with Crippen LogP contribution in [0.5, 0.6) is 5.75 Å². The Morgan fingerprint density at radius 1 is 1.15 bits per heavy atom. The number of sulfonamides is 1. The Balaban J connectivity index is 2.05. The highest BCUT2D eigenvalue weighted by atomic mass is 32.2. The Kier molecular flexibility index (Phi) is 6.97. The van der Waals surface area contributed by atoms with E-state index in [1.54, 1.807) is 18.2 Å². The molecule has 0 saturated carbocycles. The lowest BCUT2D eigenvalue weighted by Gasteiger charge is -2.17. The van der Waals surface area contributed by atoms with E-state index in [0.717, 1.165) is 16.9 Å². The lowest BCUT2D eigenvalue weighted by molar-refractivity contribution is 0.357. The molecule has 2 aromatic carbocycles. The van der Waals surface area contributed by atoms with Gasteiger partial charge >= 0.3 is 0 Å². The van der Waals surface area contributed by atoms with Crippen LogP contribution in [0.4, 0.5) is 0 Å². The predicted octanol–water partition coefficient (Wildman–Crippen LogP) is 3.35. The molecule has 0 saturated heterocycles. The number of ether oxygens (including phenoxy) is 1. The van der Waals surface area contributed by atoms with E-state index in [0.29, 0.717) is 18.0 Å². The van der Waals surface area contributed by atoms with Crippen molar-refractivity contribution >= 4 is 10.0 Å². The molecule has 0 amide bonds. The van der Waals surface area contributed by atoms with Crippen molar-refractivity contribution in [2.45, 2.75) is 24.4 Å². The van der Waals surface area contributed by atoms with Gasteiger partial charge < -0.3 is 10.1 Å². The Labute approximate surface area is 156 Å². The number of nitrogens with zero attached hydrogens (tertiary/aromatic N) is 1. The Morgan fingerprint density at radius 3 is 2.42 bits per heavy atom. The van der Waals surface area contributed by atoms with Crippen LogP contribution >= 0.6 is 0 Å². The number of nitrogens with one attached hydrogen (secondary N) is 1.